The lowest BCUT2D eigenvalue weighted by atomic mass is 10.0. The Kier molecular flexibility index (Phi) is 2.44. The van der Waals surface area contributed by atoms with Crippen molar-refractivity contribution < 1.29 is 0 Å². The van der Waals surface area contributed by atoms with Gasteiger partial charge in [-0.3, -0.25) is 9.20 Å². The third kappa shape index (κ3) is 1.61. The number of fused-ring (bicyclic) bond motifs is 7. The average molecular weight is 358 g/mol. The van der Waals surface area contributed by atoms with Crippen molar-refractivity contribution in [1.82, 2.24) is 9.38 Å². The van der Waals surface area contributed by atoms with Gasteiger partial charge in [-0.15, -0.1) is 0 Å². The van der Waals surface area contributed by atoms with Crippen LogP contribution in [-0.4, -0.2) is 9.38 Å². The maximum Gasteiger partial charge on any atom is 0.264 e. The second-order valence-electron chi connectivity index (χ2n) is 7.62. The first-order valence-electron chi connectivity index (χ1n) is 9.50. The first kappa shape index (κ1) is 14.4. The summed E-state index contributed by atoms with van der Waals surface area (Å²) in [5.74, 6) is 0. The Hall–Kier alpha value is -3.72. The van der Waals surface area contributed by atoms with Gasteiger partial charge in [0.15, 0.2) is 0 Å². The Labute approximate surface area is 159 Å². The summed E-state index contributed by atoms with van der Waals surface area (Å²) in [6.07, 6.45) is 0.924. The van der Waals surface area contributed by atoms with Gasteiger partial charge in [-0.2, -0.15) is 0 Å². The molecule has 0 bridgehead atoms. The maximum atomic E-state index is 13.4. The minimum absolute atomic E-state index is 0.00744. The van der Waals surface area contributed by atoms with E-state index < -0.39 is 0 Å². The van der Waals surface area contributed by atoms with Gasteiger partial charge in [-0.25, -0.2) is 4.98 Å². The van der Waals surface area contributed by atoms with E-state index in [1.165, 1.54) is 22.3 Å². The van der Waals surface area contributed by atoms with Crippen LogP contribution in [0.2, 0.25) is 0 Å². The van der Waals surface area contributed by atoms with E-state index in [-0.39, 0.29) is 5.56 Å². The summed E-state index contributed by atoms with van der Waals surface area (Å²) in [5.41, 5.74) is 7.64. The molecule has 7 rings (SSSR count). The summed E-state index contributed by atoms with van der Waals surface area (Å²) in [6.45, 7) is 0. The summed E-state index contributed by atoms with van der Waals surface area (Å²) in [6, 6.07) is 24.9. The molecule has 0 spiro atoms. The summed E-state index contributed by atoms with van der Waals surface area (Å²) in [4.78, 5) is 18.3. The normalized spacial score (nSPS) is 13.0. The van der Waals surface area contributed by atoms with E-state index in [1.807, 2.05) is 18.2 Å². The zero-order valence-electron chi connectivity index (χ0n) is 14.9. The fraction of sp³-hybridized carbons (Fsp3) is 0.0400. The van der Waals surface area contributed by atoms with Gasteiger partial charge in [-0.1, -0.05) is 54.6 Å². The highest BCUT2D eigenvalue weighted by molar-refractivity contribution is 6.15. The molecular weight excluding hydrogens is 344 g/mol. The Balaban J connectivity index is 1.72. The molecular formula is C25H14N2O. The number of hydrogen-bond acceptors (Lipinski definition) is 2. The van der Waals surface area contributed by atoms with Crippen LogP contribution >= 0.6 is 0 Å². The number of aromatic nitrogens is 2. The highest BCUT2D eigenvalue weighted by Crippen LogP contribution is 2.39. The first-order valence-corrected chi connectivity index (χ1v) is 9.50. The van der Waals surface area contributed by atoms with Crippen molar-refractivity contribution in [3.63, 3.8) is 0 Å². The van der Waals surface area contributed by atoms with Crippen LogP contribution in [0.4, 0.5) is 0 Å². The first-order chi connectivity index (χ1) is 13.8. The van der Waals surface area contributed by atoms with Gasteiger partial charge in [0.2, 0.25) is 0 Å². The Bertz CT molecular complexity index is 1650. The molecule has 0 N–H and O–H groups in total. The summed E-state index contributed by atoms with van der Waals surface area (Å²) in [7, 11) is 0. The molecule has 6 aromatic rings. The van der Waals surface area contributed by atoms with Crippen molar-refractivity contribution in [3.8, 4) is 11.1 Å². The molecule has 4 aromatic carbocycles. The van der Waals surface area contributed by atoms with Crippen molar-refractivity contribution in [2.45, 2.75) is 6.42 Å². The average Bonchev–Trinajstić information content (AvgIpc) is 3.28. The number of rotatable bonds is 0. The third-order valence-electron chi connectivity index (χ3n) is 6.15. The molecule has 0 atom stereocenters. The lowest BCUT2D eigenvalue weighted by molar-refractivity contribution is 1.19. The molecule has 2 heterocycles. The molecule has 1 aliphatic carbocycles. The summed E-state index contributed by atoms with van der Waals surface area (Å²) >= 11 is 0. The predicted molar refractivity (Wildman–Crippen MR) is 113 cm³/mol. The molecule has 3 heteroatoms. The molecule has 0 amide bonds. The highest BCUT2D eigenvalue weighted by Gasteiger charge is 2.22. The summed E-state index contributed by atoms with van der Waals surface area (Å²) < 4.78 is 1.80. The van der Waals surface area contributed by atoms with Crippen molar-refractivity contribution in [2.75, 3.05) is 0 Å². The van der Waals surface area contributed by atoms with Crippen LogP contribution in [0.25, 0.3) is 49.4 Å². The largest absolute Gasteiger partial charge is 0.268 e. The lowest BCUT2D eigenvalue weighted by Gasteiger charge is -2.07. The smallest absolute Gasteiger partial charge is 0.264 e. The quantitative estimate of drug-likeness (QED) is 0.375. The second-order valence-corrected chi connectivity index (χ2v) is 7.62. The van der Waals surface area contributed by atoms with Gasteiger partial charge in [0.1, 0.15) is 5.65 Å². The van der Waals surface area contributed by atoms with Crippen molar-refractivity contribution in [1.29, 1.82) is 0 Å². The number of nitrogens with zero attached hydrogens (tertiary/aromatic N) is 2. The van der Waals surface area contributed by atoms with Gasteiger partial charge in [0.25, 0.3) is 5.56 Å². The molecule has 1 aliphatic rings. The molecule has 0 fully saturated rings. The van der Waals surface area contributed by atoms with Gasteiger partial charge < -0.3 is 0 Å². The lowest BCUT2D eigenvalue weighted by Crippen LogP contribution is -2.13. The van der Waals surface area contributed by atoms with Gasteiger partial charge in [-0.05, 0) is 52.3 Å². The third-order valence-corrected chi connectivity index (χ3v) is 6.15. The van der Waals surface area contributed by atoms with E-state index in [0.29, 0.717) is 0 Å². The standard InChI is InChI=1S/C25H14N2O/c28-25-19-10-4-7-14-6-3-9-18(23(14)19)24-26-21-12-16-11-15-5-1-2-8-17(15)20(16)13-22(21)27(24)25/h1-10,12-13H,11H2. The van der Waals surface area contributed by atoms with Crippen molar-refractivity contribution >= 4 is 38.2 Å². The molecule has 3 nitrogen and oxygen atoms in total. The minimum atomic E-state index is 0.00744. The van der Waals surface area contributed by atoms with Crippen LogP contribution < -0.4 is 5.56 Å². The number of imidazole rings is 1. The fourth-order valence-electron chi connectivity index (χ4n) is 4.92. The number of pyridine rings is 1. The molecule has 0 saturated heterocycles. The molecule has 0 unspecified atom stereocenters. The zero-order chi connectivity index (χ0) is 18.4. The van der Waals surface area contributed by atoms with E-state index in [9.17, 15) is 4.79 Å². The molecule has 2 aromatic heterocycles. The van der Waals surface area contributed by atoms with Gasteiger partial charge in [0, 0.05) is 16.2 Å². The monoisotopic (exact) mass is 358 g/mol. The topological polar surface area (TPSA) is 34.4 Å². The van der Waals surface area contributed by atoms with Crippen molar-refractivity contribution in [2.24, 2.45) is 0 Å². The minimum Gasteiger partial charge on any atom is -0.268 e. The number of hydrogen-bond donors (Lipinski definition) is 0. The maximum absolute atomic E-state index is 13.4. The Morgan fingerprint density at radius 2 is 1.61 bits per heavy atom. The predicted octanol–water partition coefficient (Wildman–Crippen LogP) is 5.16. The van der Waals surface area contributed by atoms with E-state index in [1.54, 1.807) is 4.40 Å². The van der Waals surface area contributed by atoms with Gasteiger partial charge in [0.05, 0.1) is 11.0 Å². The fourth-order valence-corrected chi connectivity index (χ4v) is 4.92. The summed E-state index contributed by atoms with van der Waals surface area (Å²) in [5, 5.41) is 3.87. The van der Waals surface area contributed by atoms with Crippen LogP contribution in [0.5, 0.6) is 0 Å². The SMILES string of the molecule is O=c1c2cccc3cccc(c32)c2nc3cc4c(cc3n12)-c1ccccc1C4. The van der Waals surface area contributed by atoms with E-state index in [2.05, 4.69) is 54.6 Å². The zero-order valence-corrected chi connectivity index (χ0v) is 14.9. The Morgan fingerprint density at radius 1 is 0.786 bits per heavy atom. The molecule has 0 aliphatic heterocycles. The van der Waals surface area contributed by atoms with Gasteiger partial charge >= 0.3 is 0 Å². The number of benzene rings is 4. The van der Waals surface area contributed by atoms with Crippen LogP contribution in [0, 0.1) is 0 Å². The molecule has 0 radical (unpaired) electrons. The van der Waals surface area contributed by atoms with Crippen molar-refractivity contribution in [3.05, 3.63) is 94.3 Å². The van der Waals surface area contributed by atoms with Crippen LogP contribution in [0.15, 0.2) is 77.6 Å². The molecule has 28 heavy (non-hydrogen) atoms. The molecule has 130 valence electrons. The van der Waals surface area contributed by atoms with E-state index in [0.717, 1.165) is 44.6 Å². The van der Waals surface area contributed by atoms with E-state index >= 15 is 0 Å². The Morgan fingerprint density at radius 3 is 2.50 bits per heavy atom. The van der Waals surface area contributed by atoms with Crippen LogP contribution in [0.3, 0.4) is 0 Å². The second kappa shape index (κ2) is 4.76. The highest BCUT2D eigenvalue weighted by atomic mass is 16.1. The van der Waals surface area contributed by atoms with E-state index in [4.69, 9.17) is 4.98 Å². The molecule has 0 saturated carbocycles. The van der Waals surface area contributed by atoms with Crippen LogP contribution in [-0.2, 0) is 6.42 Å². The van der Waals surface area contributed by atoms with Crippen LogP contribution in [0.1, 0.15) is 11.1 Å².